The minimum atomic E-state index is -0.489. The molecule has 0 N–H and O–H groups in total. The maximum atomic E-state index is 11.5. The first-order valence-corrected chi connectivity index (χ1v) is 4.48. The van der Waals surface area contributed by atoms with Gasteiger partial charge in [0.2, 0.25) is 5.78 Å². The number of carbonyl (C=O) groups is 1. The van der Waals surface area contributed by atoms with Crippen molar-refractivity contribution in [1.82, 2.24) is 0 Å². The van der Waals surface area contributed by atoms with Crippen molar-refractivity contribution in [3.63, 3.8) is 0 Å². The van der Waals surface area contributed by atoms with Crippen molar-refractivity contribution in [2.24, 2.45) is 0 Å². The van der Waals surface area contributed by atoms with Gasteiger partial charge in [0.25, 0.3) is 0 Å². The van der Waals surface area contributed by atoms with Crippen LogP contribution < -0.4 is 14.2 Å². The number of Topliss-reactive ketones (excluding diaryl/α,β-unsaturated/α-hetero) is 1. The standard InChI is InChI=1S/C12H12O4/c1-5-9(13)12-10(15-3)6-8(14-2)7-11(12)16-4/h1,6-7H,2-4H3. The Kier molecular flexibility index (Phi) is 3.78. The van der Waals surface area contributed by atoms with Gasteiger partial charge in [-0.3, -0.25) is 4.79 Å². The summed E-state index contributed by atoms with van der Waals surface area (Å²) in [7, 11) is 4.40. The Morgan fingerprint density at radius 3 is 1.94 bits per heavy atom. The SMILES string of the molecule is C#CC(=O)c1c(OC)cc(OC)cc1OC. The van der Waals surface area contributed by atoms with Gasteiger partial charge in [-0.25, -0.2) is 0 Å². The van der Waals surface area contributed by atoms with E-state index in [1.54, 1.807) is 12.1 Å². The van der Waals surface area contributed by atoms with E-state index in [9.17, 15) is 4.79 Å². The molecule has 0 heterocycles. The average molecular weight is 220 g/mol. The molecule has 0 atom stereocenters. The highest BCUT2D eigenvalue weighted by Crippen LogP contribution is 2.34. The van der Waals surface area contributed by atoms with Crippen molar-refractivity contribution < 1.29 is 19.0 Å². The Balaban J connectivity index is 3.44. The number of benzene rings is 1. The van der Waals surface area contributed by atoms with E-state index in [1.807, 2.05) is 5.92 Å². The molecule has 0 radical (unpaired) electrons. The highest BCUT2D eigenvalue weighted by molar-refractivity contribution is 6.12. The van der Waals surface area contributed by atoms with Crippen LogP contribution in [0.15, 0.2) is 12.1 Å². The third-order valence-electron chi connectivity index (χ3n) is 2.07. The lowest BCUT2D eigenvalue weighted by Gasteiger charge is -2.12. The third-order valence-corrected chi connectivity index (χ3v) is 2.07. The normalized spacial score (nSPS) is 9.12. The van der Waals surface area contributed by atoms with Gasteiger partial charge in [-0.1, -0.05) is 0 Å². The van der Waals surface area contributed by atoms with Gasteiger partial charge in [-0.05, 0) is 5.92 Å². The van der Waals surface area contributed by atoms with Crippen LogP contribution in [0.4, 0.5) is 0 Å². The summed E-state index contributed by atoms with van der Waals surface area (Å²) in [5, 5.41) is 0. The highest BCUT2D eigenvalue weighted by Gasteiger charge is 2.18. The minimum Gasteiger partial charge on any atom is -0.496 e. The molecule has 0 aliphatic rings. The number of ether oxygens (including phenoxy) is 3. The van der Waals surface area contributed by atoms with E-state index in [-0.39, 0.29) is 5.56 Å². The molecule has 0 unspecified atom stereocenters. The van der Waals surface area contributed by atoms with Crippen molar-refractivity contribution >= 4 is 5.78 Å². The van der Waals surface area contributed by atoms with Crippen LogP contribution in [0.25, 0.3) is 0 Å². The monoisotopic (exact) mass is 220 g/mol. The molecule has 84 valence electrons. The first kappa shape index (κ1) is 11.9. The number of carbonyl (C=O) groups excluding carboxylic acids is 1. The molecule has 0 saturated heterocycles. The highest BCUT2D eigenvalue weighted by atomic mass is 16.5. The van der Waals surface area contributed by atoms with Crippen LogP contribution in [0.2, 0.25) is 0 Å². The molecule has 1 rings (SSSR count). The van der Waals surface area contributed by atoms with Crippen molar-refractivity contribution in [3.05, 3.63) is 17.7 Å². The van der Waals surface area contributed by atoms with Crippen molar-refractivity contribution in [1.29, 1.82) is 0 Å². The fourth-order valence-electron chi connectivity index (χ4n) is 1.30. The van der Waals surface area contributed by atoms with E-state index in [4.69, 9.17) is 20.6 Å². The Morgan fingerprint density at radius 2 is 1.62 bits per heavy atom. The van der Waals surface area contributed by atoms with Gasteiger partial charge >= 0.3 is 0 Å². The fraction of sp³-hybridized carbons (Fsp3) is 0.250. The number of terminal acetylenes is 1. The average Bonchev–Trinajstić information content (AvgIpc) is 2.35. The Labute approximate surface area is 94.1 Å². The Bertz CT molecular complexity index is 418. The van der Waals surface area contributed by atoms with E-state index in [2.05, 4.69) is 0 Å². The lowest BCUT2D eigenvalue weighted by molar-refractivity contribution is 0.105. The molecule has 1 aromatic rings. The number of hydrogen-bond acceptors (Lipinski definition) is 4. The first-order chi connectivity index (χ1) is 7.67. The zero-order valence-corrected chi connectivity index (χ0v) is 9.37. The Morgan fingerprint density at radius 1 is 1.12 bits per heavy atom. The predicted molar refractivity (Wildman–Crippen MR) is 59.3 cm³/mol. The van der Waals surface area contributed by atoms with Gasteiger partial charge in [-0.2, -0.15) is 0 Å². The van der Waals surface area contributed by atoms with Gasteiger partial charge in [-0.15, -0.1) is 6.42 Å². The van der Waals surface area contributed by atoms with Crippen LogP contribution in [0.5, 0.6) is 17.2 Å². The maximum Gasteiger partial charge on any atom is 0.243 e. The number of methoxy groups -OCH3 is 3. The topological polar surface area (TPSA) is 44.8 Å². The number of rotatable bonds is 4. The van der Waals surface area contributed by atoms with Gasteiger partial charge in [0, 0.05) is 12.1 Å². The molecular weight excluding hydrogens is 208 g/mol. The van der Waals surface area contributed by atoms with E-state index in [0.717, 1.165) is 0 Å². The summed E-state index contributed by atoms with van der Waals surface area (Å²) in [5.41, 5.74) is 0.230. The predicted octanol–water partition coefficient (Wildman–Crippen LogP) is 1.53. The first-order valence-electron chi connectivity index (χ1n) is 4.48. The summed E-state index contributed by atoms with van der Waals surface area (Å²) in [6.07, 6.45) is 5.08. The zero-order chi connectivity index (χ0) is 12.1. The Hall–Kier alpha value is -2.15. The second kappa shape index (κ2) is 5.08. The fourth-order valence-corrected chi connectivity index (χ4v) is 1.30. The van der Waals surface area contributed by atoms with Crippen LogP contribution in [-0.2, 0) is 0 Å². The van der Waals surface area contributed by atoms with Gasteiger partial charge in [0.05, 0.1) is 21.3 Å². The largest absolute Gasteiger partial charge is 0.496 e. The van der Waals surface area contributed by atoms with E-state index < -0.39 is 5.78 Å². The van der Waals surface area contributed by atoms with Crippen LogP contribution >= 0.6 is 0 Å². The van der Waals surface area contributed by atoms with Crippen LogP contribution in [-0.4, -0.2) is 27.1 Å². The molecule has 0 saturated carbocycles. The van der Waals surface area contributed by atoms with Crippen molar-refractivity contribution in [3.8, 4) is 29.6 Å². The van der Waals surface area contributed by atoms with Gasteiger partial charge < -0.3 is 14.2 Å². The zero-order valence-electron chi connectivity index (χ0n) is 9.37. The molecule has 0 aliphatic heterocycles. The summed E-state index contributed by atoms with van der Waals surface area (Å²) in [6.45, 7) is 0. The van der Waals surface area contributed by atoms with Crippen LogP contribution in [0.1, 0.15) is 10.4 Å². The molecule has 0 aromatic heterocycles. The minimum absolute atomic E-state index is 0.230. The smallest absolute Gasteiger partial charge is 0.243 e. The second-order valence-electron chi connectivity index (χ2n) is 2.88. The lowest BCUT2D eigenvalue weighted by Crippen LogP contribution is -2.03. The molecule has 4 nitrogen and oxygen atoms in total. The molecule has 16 heavy (non-hydrogen) atoms. The number of ketones is 1. The molecule has 0 amide bonds. The van der Waals surface area contributed by atoms with E-state index in [0.29, 0.717) is 17.2 Å². The lowest BCUT2D eigenvalue weighted by atomic mass is 10.1. The van der Waals surface area contributed by atoms with Gasteiger partial charge in [0.15, 0.2) is 0 Å². The molecule has 0 fully saturated rings. The molecule has 4 heteroatoms. The van der Waals surface area contributed by atoms with Gasteiger partial charge in [0.1, 0.15) is 22.8 Å². The molecule has 0 bridgehead atoms. The van der Waals surface area contributed by atoms with E-state index >= 15 is 0 Å². The molecular formula is C12H12O4. The summed E-state index contributed by atoms with van der Waals surface area (Å²) < 4.78 is 15.2. The second-order valence-corrected chi connectivity index (χ2v) is 2.88. The van der Waals surface area contributed by atoms with Crippen LogP contribution in [0.3, 0.4) is 0 Å². The van der Waals surface area contributed by atoms with Crippen LogP contribution in [0, 0.1) is 12.3 Å². The quantitative estimate of drug-likeness (QED) is 0.438. The summed E-state index contributed by atoms with van der Waals surface area (Å²) >= 11 is 0. The summed E-state index contributed by atoms with van der Waals surface area (Å²) in [5.74, 6) is 2.73. The molecule has 0 spiro atoms. The maximum absolute atomic E-state index is 11.5. The third kappa shape index (κ3) is 2.09. The molecule has 1 aromatic carbocycles. The van der Waals surface area contributed by atoms with E-state index in [1.165, 1.54) is 21.3 Å². The summed E-state index contributed by atoms with van der Waals surface area (Å²) in [4.78, 5) is 11.5. The summed E-state index contributed by atoms with van der Waals surface area (Å²) in [6, 6.07) is 3.15. The van der Waals surface area contributed by atoms with Crippen molar-refractivity contribution in [2.75, 3.05) is 21.3 Å². The number of hydrogen-bond donors (Lipinski definition) is 0. The van der Waals surface area contributed by atoms with Crippen molar-refractivity contribution in [2.45, 2.75) is 0 Å². The molecule has 0 aliphatic carbocycles.